The van der Waals surface area contributed by atoms with Gasteiger partial charge in [0.05, 0.1) is 25.5 Å². The Hall–Kier alpha value is -2.60. The van der Waals surface area contributed by atoms with Gasteiger partial charge in [0.25, 0.3) is 0 Å². The summed E-state index contributed by atoms with van der Waals surface area (Å²) in [5.74, 6) is 1.39. The molecular weight excluding hydrogens is 316 g/mol. The normalized spacial score (nSPS) is 14.9. The number of aliphatic imine (C=N–C) groups is 1. The van der Waals surface area contributed by atoms with E-state index in [2.05, 4.69) is 26.7 Å². The van der Waals surface area contributed by atoms with Gasteiger partial charge in [0.2, 0.25) is 5.89 Å². The van der Waals surface area contributed by atoms with Gasteiger partial charge < -0.3 is 19.8 Å². The molecule has 0 unspecified atom stereocenters. The number of oxazole rings is 1. The van der Waals surface area contributed by atoms with Crippen LogP contribution < -0.4 is 10.6 Å². The molecule has 0 aliphatic carbocycles. The lowest BCUT2D eigenvalue weighted by Crippen LogP contribution is -2.37. The fraction of sp³-hybridized carbons (Fsp3) is 0.368. The number of ether oxygens (including phenoxy) is 1. The van der Waals surface area contributed by atoms with E-state index in [0.717, 1.165) is 49.8 Å². The molecule has 2 heterocycles. The molecule has 0 saturated heterocycles. The van der Waals surface area contributed by atoms with E-state index in [1.165, 1.54) is 5.57 Å². The van der Waals surface area contributed by atoms with Crippen molar-refractivity contribution in [2.75, 3.05) is 26.8 Å². The van der Waals surface area contributed by atoms with Gasteiger partial charge >= 0.3 is 0 Å². The van der Waals surface area contributed by atoms with E-state index in [1.807, 2.05) is 30.3 Å². The topological polar surface area (TPSA) is 71.7 Å². The molecule has 0 radical (unpaired) electrons. The van der Waals surface area contributed by atoms with Gasteiger partial charge in [-0.15, -0.1) is 0 Å². The Morgan fingerprint density at radius 3 is 2.88 bits per heavy atom. The Balaban J connectivity index is 1.45. The predicted octanol–water partition coefficient (Wildman–Crippen LogP) is 2.74. The molecule has 25 heavy (non-hydrogen) atoms. The lowest BCUT2D eigenvalue weighted by Gasteiger charge is -2.15. The van der Waals surface area contributed by atoms with Crippen LogP contribution in [0.3, 0.4) is 0 Å². The van der Waals surface area contributed by atoms with Crippen molar-refractivity contribution in [3.63, 3.8) is 0 Å². The van der Waals surface area contributed by atoms with Gasteiger partial charge in [-0.2, -0.15) is 0 Å². The minimum absolute atomic E-state index is 0.562. The highest BCUT2D eigenvalue weighted by Crippen LogP contribution is 2.17. The predicted molar refractivity (Wildman–Crippen MR) is 98.3 cm³/mol. The summed E-state index contributed by atoms with van der Waals surface area (Å²) in [5.41, 5.74) is 3.26. The Morgan fingerprint density at radius 1 is 1.24 bits per heavy atom. The molecule has 0 spiro atoms. The molecule has 2 N–H and O–H groups in total. The number of benzene rings is 1. The quantitative estimate of drug-likeness (QED) is 0.481. The zero-order chi connectivity index (χ0) is 17.3. The summed E-state index contributed by atoms with van der Waals surface area (Å²) in [6.45, 7) is 2.97. The number of hydrogen-bond donors (Lipinski definition) is 2. The Bertz CT molecular complexity index is 722. The molecule has 6 nitrogen and oxygen atoms in total. The SMILES string of the molecule is CN=C(NCCC1=CCOCC1)NCc1coc(-c2ccccc2)n1. The van der Waals surface area contributed by atoms with Crippen LogP contribution in [0.4, 0.5) is 0 Å². The zero-order valence-corrected chi connectivity index (χ0v) is 14.5. The highest BCUT2D eigenvalue weighted by molar-refractivity contribution is 5.79. The van der Waals surface area contributed by atoms with Crippen LogP contribution in [0.25, 0.3) is 11.5 Å². The summed E-state index contributed by atoms with van der Waals surface area (Å²) in [4.78, 5) is 8.75. The monoisotopic (exact) mass is 340 g/mol. The van der Waals surface area contributed by atoms with Gasteiger partial charge in [0, 0.05) is 19.2 Å². The molecule has 1 aliphatic rings. The minimum Gasteiger partial charge on any atom is -0.444 e. The molecule has 0 amide bonds. The van der Waals surface area contributed by atoms with Gasteiger partial charge in [-0.25, -0.2) is 4.98 Å². The average molecular weight is 340 g/mol. The smallest absolute Gasteiger partial charge is 0.226 e. The third-order valence-corrected chi connectivity index (χ3v) is 4.03. The second kappa shape index (κ2) is 9.03. The van der Waals surface area contributed by atoms with Crippen molar-refractivity contribution < 1.29 is 9.15 Å². The van der Waals surface area contributed by atoms with Crippen LogP contribution in [0.5, 0.6) is 0 Å². The van der Waals surface area contributed by atoms with E-state index in [4.69, 9.17) is 9.15 Å². The molecule has 0 bridgehead atoms. The van der Waals surface area contributed by atoms with Crippen molar-refractivity contribution in [2.24, 2.45) is 4.99 Å². The van der Waals surface area contributed by atoms with E-state index >= 15 is 0 Å². The van der Waals surface area contributed by atoms with Crippen LogP contribution in [0, 0.1) is 0 Å². The average Bonchev–Trinajstić information content (AvgIpc) is 3.15. The van der Waals surface area contributed by atoms with Gasteiger partial charge in [-0.05, 0) is 25.0 Å². The summed E-state index contributed by atoms with van der Waals surface area (Å²) in [6, 6.07) is 9.87. The van der Waals surface area contributed by atoms with E-state index in [9.17, 15) is 0 Å². The molecule has 0 fully saturated rings. The van der Waals surface area contributed by atoms with Crippen LogP contribution in [0.2, 0.25) is 0 Å². The Kier molecular flexibility index (Phi) is 6.23. The first-order valence-corrected chi connectivity index (χ1v) is 8.55. The van der Waals surface area contributed by atoms with Crippen molar-refractivity contribution in [1.82, 2.24) is 15.6 Å². The van der Waals surface area contributed by atoms with Crippen LogP contribution in [0.1, 0.15) is 18.5 Å². The number of nitrogens with zero attached hydrogens (tertiary/aromatic N) is 2. The Labute approximate surface area is 148 Å². The third kappa shape index (κ3) is 5.19. The molecule has 6 heteroatoms. The first kappa shape index (κ1) is 17.2. The third-order valence-electron chi connectivity index (χ3n) is 4.03. The second-order valence-corrected chi connectivity index (χ2v) is 5.80. The molecule has 1 aliphatic heterocycles. The molecule has 3 rings (SSSR count). The van der Waals surface area contributed by atoms with Gasteiger partial charge in [0.15, 0.2) is 5.96 Å². The fourth-order valence-corrected chi connectivity index (χ4v) is 2.63. The molecular formula is C19H24N4O2. The van der Waals surface area contributed by atoms with Gasteiger partial charge in [0.1, 0.15) is 6.26 Å². The fourth-order valence-electron chi connectivity index (χ4n) is 2.63. The minimum atomic E-state index is 0.562. The van der Waals surface area contributed by atoms with Crippen molar-refractivity contribution in [3.05, 3.63) is 53.9 Å². The maximum atomic E-state index is 5.55. The summed E-state index contributed by atoms with van der Waals surface area (Å²) in [6.07, 6.45) is 5.87. The highest BCUT2D eigenvalue weighted by atomic mass is 16.5. The van der Waals surface area contributed by atoms with E-state index in [-0.39, 0.29) is 0 Å². The standard InChI is InChI=1S/C19H24N4O2/c1-20-19(21-10-7-15-8-11-24-12-9-15)22-13-17-14-25-18(23-17)16-5-3-2-4-6-16/h2-6,8,14H,7,9-13H2,1H3,(H2,20,21,22). The highest BCUT2D eigenvalue weighted by Gasteiger charge is 2.07. The van der Waals surface area contributed by atoms with Crippen molar-refractivity contribution in [3.8, 4) is 11.5 Å². The van der Waals surface area contributed by atoms with Gasteiger partial charge in [-0.1, -0.05) is 29.8 Å². The molecule has 0 saturated carbocycles. The molecule has 0 atom stereocenters. The largest absolute Gasteiger partial charge is 0.444 e. The zero-order valence-electron chi connectivity index (χ0n) is 14.5. The molecule has 1 aromatic heterocycles. The Morgan fingerprint density at radius 2 is 2.12 bits per heavy atom. The van der Waals surface area contributed by atoms with Gasteiger partial charge in [-0.3, -0.25) is 4.99 Å². The summed E-state index contributed by atoms with van der Waals surface area (Å²) in [7, 11) is 1.77. The number of nitrogens with one attached hydrogen (secondary N) is 2. The molecule has 2 aromatic rings. The molecule has 1 aromatic carbocycles. The van der Waals surface area contributed by atoms with E-state index in [1.54, 1.807) is 13.3 Å². The molecule has 132 valence electrons. The van der Waals surface area contributed by atoms with Crippen LogP contribution in [0.15, 0.2) is 57.7 Å². The summed E-state index contributed by atoms with van der Waals surface area (Å²) in [5, 5.41) is 6.58. The lowest BCUT2D eigenvalue weighted by molar-refractivity contribution is 0.153. The van der Waals surface area contributed by atoms with Crippen LogP contribution >= 0.6 is 0 Å². The van der Waals surface area contributed by atoms with Crippen molar-refractivity contribution in [1.29, 1.82) is 0 Å². The summed E-state index contributed by atoms with van der Waals surface area (Å²) >= 11 is 0. The number of guanidine groups is 1. The maximum absolute atomic E-state index is 5.55. The van der Waals surface area contributed by atoms with E-state index < -0.39 is 0 Å². The van der Waals surface area contributed by atoms with Crippen molar-refractivity contribution in [2.45, 2.75) is 19.4 Å². The number of rotatable bonds is 6. The number of aromatic nitrogens is 1. The van der Waals surface area contributed by atoms with Crippen molar-refractivity contribution >= 4 is 5.96 Å². The lowest BCUT2D eigenvalue weighted by atomic mass is 10.1. The second-order valence-electron chi connectivity index (χ2n) is 5.80. The maximum Gasteiger partial charge on any atom is 0.226 e. The van der Waals surface area contributed by atoms with E-state index in [0.29, 0.717) is 12.4 Å². The van der Waals surface area contributed by atoms with Crippen LogP contribution in [-0.2, 0) is 11.3 Å². The first-order valence-electron chi connectivity index (χ1n) is 8.55. The van der Waals surface area contributed by atoms with Crippen LogP contribution in [-0.4, -0.2) is 37.7 Å². The summed E-state index contributed by atoms with van der Waals surface area (Å²) < 4.78 is 10.9. The first-order chi connectivity index (χ1) is 12.3. The number of hydrogen-bond acceptors (Lipinski definition) is 4.